The Balaban J connectivity index is 1.83. The van der Waals surface area contributed by atoms with E-state index in [1.54, 1.807) is 4.90 Å². The Morgan fingerprint density at radius 1 is 1.40 bits per heavy atom. The third-order valence-corrected chi connectivity index (χ3v) is 4.12. The molecule has 11 heteroatoms. The molecule has 0 aliphatic carbocycles. The first-order chi connectivity index (χ1) is 11.8. The van der Waals surface area contributed by atoms with Gasteiger partial charge in [-0.15, -0.1) is 0 Å². The molecule has 11 nitrogen and oxygen atoms in total. The lowest BCUT2D eigenvalue weighted by molar-refractivity contribution is -0.385. The summed E-state index contributed by atoms with van der Waals surface area (Å²) >= 11 is 0. The molecule has 2 amide bonds. The number of hydrogen-bond acceptors (Lipinski definition) is 6. The van der Waals surface area contributed by atoms with Gasteiger partial charge in [-0.1, -0.05) is 0 Å². The minimum Gasteiger partial charge on any atom is -0.481 e. The van der Waals surface area contributed by atoms with Gasteiger partial charge in [0.25, 0.3) is 0 Å². The number of carbonyl (C=O) groups excluding carboxylic acids is 2. The van der Waals surface area contributed by atoms with Gasteiger partial charge in [0.15, 0.2) is 0 Å². The molecule has 0 aromatic carbocycles. The number of hydrogen-bond donors (Lipinski definition) is 1. The van der Waals surface area contributed by atoms with Crippen molar-refractivity contribution >= 4 is 23.5 Å². The van der Waals surface area contributed by atoms with Crippen molar-refractivity contribution in [2.45, 2.75) is 19.4 Å². The van der Waals surface area contributed by atoms with Gasteiger partial charge >= 0.3 is 11.7 Å². The summed E-state index contributed by atoms with van der Waals surface area (Å²) < 4.78 is 1.14. The first-order valence-corrected chi connectivity index (χ1v) is 7.69. The zero-order valence-corrected chi connectivity index (χ0v) is 13.7. The smallest absolute Gasteiger partial charge is 0.307 e. The van der Waals surface area contributed by atoms with Crippen LogP contribution in [0.4, 0.5) is 5.69 Å². The molecule has 0 bridgehead atoms. The van der Waals surface area contributed by atoms with Gasteiger partial charge in [0.05, 0.1) is 17.4 Å². The largest absolute Gasteiger partial charge is 0.481 e. The topological polar surface area (TPSA) is 139 Å². The fourth-order valence-electron chi connectivity index (χ4n) is 2.56. The number of carbonyl (C=O) groups is 3. The van der Waals surface area contributed by atoms with Gasteiger partial charge in [-0.25, -0.2) is 0 Å². The molecule has 2 heterocycles. The number of carboxylic acid groups (broad SMARTS) is 1. The molecule has 1 fully saturated rings. The van der Waals surface area contributed by atoms with E-state index in [1.165, 1.54) is 11.9 Å². The monoisotopic (exact) mass is 353 g/mol. The molecule has 0 atom stereocenters. The maximum absolute atomic E-state index is 12.2. The Morgan fingerprint density at radius 2 is 2.04 bits per heavy atom. The van der Waals surface area contributed by atoms with Crippen molar-refractivity contribution in [2.75, 3.05) is 26.7 Å². The number of aromatic nitrogens is 2. The van der Waals surface area contributed by atoms with Crippen molar-refractivity contribution in [3.63, 3.8) is 0 Å². The van der Waals surface area contributed by atoms with Gasteiger partial charge in [-0.2, -0.15) is 5.10 Å². The van der Waals surface area contributed by atoms with Crippen LogP contribution in [0.15, 0.2) is 12.4 Å². The Morgan fingerprint density at radius 3 is 2.56 bits per heavy atom. The van der Waals surface area contributed by atoms with Crippen LogP contribution in [-0.4, -0.2) is 74.1 Å². The second-order valence-electron chi connectivity index (χ2n) is 5.90. The third kappa shape index (κ3) is 4.75. The highest BCUT2D eigenvalue weighted by molar-refractivity contribution is 5.84. The van der Waals surface area contributed by atoms with Crippen LogP contribution in [0.1, 0.15) is 12.8 Å². The van der Waals surface area contributed by atoms with E-state index in [9.17, 15) is 24.5 Å². The molecule has 1 aromatic rings. The second kappa shape index (κ2) is 7.73. The van der Waals surface area contributed by atoms with Gasteiger partial charge in [-0.3, -0.25) is 29.2 Å². The van der Waals surface area contributed by atoms with Crippen molar-refractivity contribution < 1.29 is 24.4 Å². The first kappa shape index (κ1) is 18.4. The lowest BCUT2D eigenvalue weighted by Gasteiger charge is -2.31. The minimum absolute atomic E-state index is 0.139. The maximum Gasteiger partial charge on any atom is 0.307 e. The SMILES string of the molecule is CN(CC(=O)N1CCC(C(=O)O)CC1)C(=O)Cn1cc([N+](=O)[O-])cn1. The number of nitro groups is 1. The molecule has 136 valence electrons. The van der Waals surface area contributed by atoms with Crippen molar-refractivity contribution in [1.82, 2.24) is 19.6 Å². The van der Waals surface area contributed by atoms with E-state index in [-0.39, 0.29) is 24.7 Å². The predicted octanol–water partition coefficient (Wildman–Crippen LogP) is -0.427. The van der Waals surface area contributed by atoms with E-state index in [0.717, 1.165) is 17.1 Å². The van der Waals surface area contributed by atoms with Crippen LogP contribution < -0.4 is 0 Å². The molecule has 1 aliphatic rings. The van der Waals surface area contributed by atoms with Gasteiger partial charge < -0.3 is 14.9 Å². The Bertz CT molecular complexity index is 679. The van der Waals surface area contributed by atoms with Crippen LogP contribution >= 0.6 is 0 Å². The number of nitrogens with zero attached hydrogens (tertiary/aromatic N) is 5. The molecule has 1 aromatic heterocycles. The number of likely N-dealkylation sites (tertiary alicyclic amines) is 1. The molecule has 0 unspecified atom stereocenters. The van der Waals surface area contributed by atoms with Crippen molar-refractivity contribution in [3.8, 4) is 0 Å². The molecule has 0 spiro atoms. The summed E-state index contributed by atoms with van der Waals surface area (Å²) in [6, 6.07) is 0. The van der Waals surface area contributed by atoms with Gasteiger partial charge in [0, 0.05) is 20.1 Å². The lowest BCUT2D eigenvalue weighted by atomic mass is 9.97. The molecule has 1 aliphatic heterocycles. The van der Waals surface area contributed by atoms with Crippen LogP contribution in [0.25, 0.3) is 0 Å². The minimum atomic E-state index is -0.854. The number of aliphatic carboxylic acids is 1. The zero-order valence-electron chi connectivity index (χ0n) is 13.7. The summed E-state index contributed by atoms with van der Waals surface area (Å²) in [5.74, 6) is -1.95. The molecule has 1 N–H and O–H groups in total. The van der Waals surface area contributed by atoms with E-state index in [2.05, 4.69) is 5.10 Å². The highest BCUT2D eigenvalue weighted by atomic mass is 16.6. The summed E-state index contributed by atoms with van der Waals surface area (Å²) in [4.78, 5) is 48.0. The predicted molar refractivity (Wildman–Crippen MR) is 83.5 cm³/mol. The van der Waals surface area contributed by atoms with Crippen molar-refractivity contribution in [2.24, 2.45) is 5.92 Å². The third-order valence-electron chi connectivity index (χ3n) is 4.12. The summed E-state index contributed by atoms with van der Waals surface area (Å²) in [5.41, 5.74) is -0.215. The number of piperidine rings is 1. The van der Waals surface area contributed by atoms with E-state index >= 15 is 0 Å². The molecule has 0 saturated carbocycles. The van der Waals surface area contributed by atoms with Crippen LogP contribution in [0.2, 0.25) is 0 Å². The van der Waals surface area contributed by atoms with E-state index in [0.29, 0.717) is 25.9 Å². The Kier molecular flexibility index (Phi) is 5.67. The van der Waals surface area contributed by atoms with E-state index in [1.807, 2.05) is 0 Å². The fraction of sp³-hybridized carbons (Fsp3) is 0.571. The number of rotatable bonds is 6. The van der Waals surface area contributed by atoms with Crippen molar-refractivity contribution in [1.29, 1.82) is 0 Å². The lowest BCUT2D eigenvalue weighted by Crippen LogP contribution is -2.46. The van der Waals surface area contributed by atoms with Crippen molar-refractivity contribution in [3.05, 3.63) is 22.5 Å². The summed E-state index contributed by atoms with van der Waals surface area (Å²) in [5, 5.41) is 23.3. The molecule has 25 heavy (non-hydrogen) atoms. The normalized spacial score (nSPS) is 15.0. The molecular formula is C14H19N5O6. The highest BCUT2D eigenvalue weighted by Crippen LogP contribution is 2.17. The average Bonchev–Trinajstić information content (AvgIpc) is 3.03. The Hall–Kier alpha value is -2.98. The number of carboxylic acids is 1. The molecule has 0 radical (unpaired) electrons. The Labute approximate surface area is 142 Å². The maximum atomic E-state index is 12.2. The second-order valence-corrected chi connectivity index (χ2v) is 5.90. The quantitative estimate of drug-likeness (QED) is 0.541. The number of likely N-dealkylation sites (N-methyl/N-ethyl adjacent to an activating group) is 1. The molecule has 2 rings (SSSR count). The van der Waals surface area contributed by atoms with E-state index in [4.69, 9.17) is 5.11 Å². The number of amides is 2. The molecular weight excluding hydrogens is 334 g/mol. The summed E-state index contributed by atoms with van der Waals surface area (Å²) in [6.07, 6.45) is 2.99. The average molecular weight is 353 g/mol. The zero-order chi connectivity index (χ0) is 18.6. The van der Waals surface area contributed by atoms with Crippen LogP contribution in [-0.2, 0) is 20.9 Å². The van der Waals surface area contributed by atoms with Gasteiger partial charge in [0.2, 0.25) is 11.8 Å². The van der Waals surface area contributed by atoms with Crippen LogP contribution in [0.3, 0.4) is 0 Å². The van der Waals surface area contributed by atoms with Crippen LogP contribution in [0.5, 0.6) is 0 Å². The summed E-state index contributed by atoms with van der Waals surface area (Å²) in [7, 11) is 1.46. The highest BCUT2D eigenvalue weighted by Gasteiger charge is 2.28. The standard InChI is InChI=1S/C14H19N5O6/c1-16(12(20)9-18-7-11(6-15-18)19(24)25)8-13(21)17-4-2-10(3-5-17)14(22)23/h6-7,10H,2-5,8-9H2,1H3,(H,22,23). The van der Waals surface area contributed by atoms with Gasteiger partial charge in [0.1, 0.15) is 18.9 Å². The van der Waals surface area contributed by atoms with Crippen LogP contribution in [0, 0.1) is 16.0 Å². The molecule has 1 saturated heterocycles. The fourth-order valence-corrected chi connectivity index (χ4v) is 2.56. The summed E-state index contributed by atoms with van der Waals surface area (Å²) in [6.45, 7) is 0.352. The van der Waals surface area contributed by atoms with E-state index < -0.39 is 22.7 Å². The van der Waals surface area contributed by atoms with Gasteiger partial charge in [-0.05, 0) is 12.8 Å². The first-order valence-electron chi connectivity index (χ1n) is 7.69.